The number of hydrogen-bond acceptors (Lipinski definition) is 5. The van der Waals surface area contributed by atoms with E-state index in [2.05, 4.69) is 30.4 Å². The molecule has 3 rings (SSSR count). The van der Waals surface area contributed by atoms with E-state index in [1.165, 1.54) is 0 Å². The smallest absolute Gasteiger partial charge is 0.227 e. The molecule has 168 valence electrons. The highest BCUT2D eigenvalue weighted by atomic mass is 127. The Labute approximate surface area is 200 Å². The summed E-state index contributed by atoms with van der Waals surface area (Å²) in [6.07, 6.45) is 0.294. The molecule has 1 saturated heterocycles. The Morgan fingerprint density at radius 3 is 2.55 bits per heavy atom. The standard InChI is InChI=1S/C22H30N6O2.HI/c1-3-23-22(24-12-11-21(30)26-20-10-6-7-17(2)25-20)28-15-13-27(14-16-28)18-8-4-5-9-19(18)29;/h4-10,29H,3,11-16H2,1-2H3,(H,23,24)(H,25,26,30);1H. The summed E-state index contributed by atoms with van der Waals surface area (Å²) in [5.74, 6) is 1.59. The lowest BCUT2D eigenvalue weighted by atomic mass is 10.2. The van der Waals surface area contributed by atoms with Crippen molar-refractivity contribution < 1.29 is 9.90 Å². The van der Waals surface area contributed by atoms with E-state index in [0.29, 0.717) is 24.5 Å². The molecule has 1 aliphatic heterocycles. The fourth-order valence-electron chi connectivity index (χ4n) is 3.40. The summed E-state index contributed by atoms with van der Waals surface area (Å²) >= 11 is 0. The number of guanidine groups is 1. The third-order valence-corrected chi connectivity index (χ3v) is 4.89. The van der Waals surface area contributed by atoms with Gasteiger partial charge in [0.2, 0.25) is 5.91 Å². The number of carbonyl (C=O) groups excluding carboxylic acids is 1. The first kappa shape index (κ1) is 24.7. The number of piperazine rings is 1. The Morgan fingerprint density at radius 1 is 1.13 bits per heavy atom. The quantitative estimate of drug-likeness (QED) is 0.298. The zero-order chi connectivity index (χ0) is 21.3. The predicted molar refractivity (Wildman–Crippen MR) is 136 cm³/mol. The lowest BCUT2D eigenvalue weighted by Crippen LogP contribution is -2.52. The lowest BCUT2D eigenvalue weighted by Gasteiger charge is -2.37. The Balaban J connectivity index is 0.00000341. The number of nitrogens with zero attached hydrogens (tertiary/aromatic N) is 4. The molecule has 1 amide bonds. The van der Waals surface area contributed by atoms with Crippen molar-refractivity contribution in [2.45, 2.75) is 20.3 Å². The van der Waals surface area contributed by atoms with Crippen molar-refractivity contribution in [1.82, 2.24) is 15.2 Å². The number of phenols is 1. The zero-order valence-electron chi connectivity index (χ0n) is 18.0. The summed E-state index contributed by atoms with van der Waals surface area (Å²) in [5.41, 5.74) is 1.73. The number of rotatable bonds is 6. The highest BCUT2D eigenvalue weighted by molar-refractivity contribution is 14.0. The minimum Gasteiger partial charge on any atom is -0.506 e. The third-order valence-electron chi connectivity index (χ3n) is 4.89. The van der Waals surface area contributed by atoms with Gasteiger partial charge in [0.15, 0.2) is 5.96 Å². The van der Waals surface area contributed by atoms with Gasteiger partial charge in [-0.15, -0.1) is 24.0 Å². The summed E-state index contributed by atoms with van der Waals surface area (Å²) in [6, 6.07) is 13.0. The van der Waals surface area contributed by atoms with Crippen molar-refractivity contribution in [3.8, 4) is 5.75 Å². The molecule has 1 fully saturated rings. The number of aliphatic imine (C=N–C) groups is 1. The van der Waals surface area contributed by atoms with Crippen LogP contribution in [0.25, 0.3) is 0 Å². The SMILES string of the molecule is CCNC(=NCCC(=O)Nc1cccc(C)n1)N1CCN(c2ccccc2O)CC1.I. The van der Waals surface area contributed by atoms with Gasteiger partial charge in [-0.3, -0.25) is 9.79 Å². The highest BCUT2D eigenvalue weighted by Crippen LogP contribution is 2.27. The number of aromatic hydroxyl groups is 1. The predicted octanol–water partition coefficient (Wildman–Crippen LogP) is 2.83. The molecule has 1 aromatic heterocycles. The van der Waals surface area contributed by atoms with Crippen molar-refractivity contribution >= 4 is 47.3 Å². The van der Waals surface area contributed by atoms with Crippen LogP contribution in [-0.2, 0) is 4.79 Å². The maximum absolute atomic E-state index is 12.2. The first-order valence-corrected chi connectivity index (χ1v) is 10.4. The van der Waals surface area contributed by atoms with E-state index in [-0.39, 0.29) is 29.9 Å². The van der Waals surface area contributed by atoms with Crippen molar-refractivity contribution in [1.29, 1.82) is 0 Å². The molecule has 1 aromatic carbocycles. The number of anilines is 2. The molecule has 9 heteroatoms. The van der Waals surface area contributed by atoms with Crippen molar-refractivity contribution in [3.63, 3.8) is 0 Å². The van der Waals surface area contributed by atoms with Crippen molar-refractivity contribution in [3.05, 3.63) is 48.2 Å². The van der Waals surface area contributed by atoms with E-state index in [0.717, 1.165) is 50.1 Å². The molecule has 2 aromatic rings. The molecule has 31 heavy (non-hydrogen) atoms. The van der Waals surface area contributed by atoms with Crippen LogP contribution in [0.5, 0.6) is 5.75 Å². The topological polar surface area (TPSA) is 93.1 Å². The summed E-state index contributed by atoms with van der Waals surface area (Å²) < 4.78 is 0. The van der Waals surface area contributed by atoms with Gasteiger partial charge in [0.1, 0.15) is 11.6 Å². The number of pyridine rings is 1. The Kier molecular flexibility index (Phi) is 9.83. The van der Waals surface area contributed by atoms with Gasteiger partial charge in [-0.1, -0.05) is 18.2 Å². The van der Waals surface area contributed by atoms with Crippen molar-refractivity contribution in [2.75, 3.05) is 49.5 Å². The second-order valence-electron chi connectivity index (χ2n) is 7.16. The van der Waals surface area contributed by atoms with Crippen LogP contribution in [0.3, 0.4) is 0 Å². The Bertz CT molecular complexity index is 884. The molecule has 0 atom stereocenters. The van der Waals surface area contributed by atoms with E-state index in [1.54, 1.807) is 12.1 Å². The van der Waals surface area contributed by atoms with E-state index < -0.39 is 0 Å². The third kappa shape index (κ3) is 7.27. The van der Waals surface area contributed by atoms with Gasteiger partial charge >= 0.3 is 0 Å². The second-order valence-corrected chi connectivity index (χ2v) is 7.16. The number of aryl methyl sites for hydroxylation is 1. The van der Waals surface area contributed by atoms with E-state index in [9.17, 15) is 9.90 Å². The van der Waals surface area contributed by atoms with Gasteiger partial charge in [-0.25, -0.2) is 4.98 Å². The normalized spacial score (nSPS) is 14.1. The summed E-state index contributed by atoms with van der Waals surface area (Å²) in [5, 5.41) is 16.2. The number of carbonyl (C=O) groups is 1. The molecule has 0 unspecified atom stereocenters. The number of nitrogens with one attached hydrogen (secondary N) is 2. The molecule has 0 radical (unpaired) electrons. The minimum atomic E-state index is -0.0999. The average Bonchev–Trinajstić information content (AvgIpc) is 2.74. The Hall–Kier alpha value is -2.56. The molecule has 2 heterocycles. The number of halogens is 1. The summed E-state index contributed by atoms with van der Waals surface area (Å²) in [7, 11) is 0. The van der Waals surface area contributed by atoms with Crippen LogP contribution in [0.4, 0.5) is 11.5 Å². The van der Waals surface area contributed by atoms with Crippen LogP contribution in [0.15, 0.2) is 47.5 Å². The van der Waals surface area contributed by atoms with Gasteiger partial charge < -0.3 is 25.5 Å². The lowest BCUT2D eigenvalue weighted by molar-refractivity contribution is -0.116. The number of para-hydroxylation sites is 2. The molecular weight excluding hydrogens is 507 g/mol. The maximum atomic E-state index is 12.2. The molecule has 0 aliphatic carbocycles. The summed E-state index contributed by atoms with van der Waals surface area (Å²) in [6.45, 7) is 8.26. The molecule has 0 spiro atoms. The zero-order valence-corrected chi connectivity index (χ0v) is 20.4. The minimum absolute atomic E-state index is 0. The fraction of sp³-hybridized carbons (Fsp3) is 0.409. The fourth-order valence-corrected chi connectivity index (χ4v) is 3.40. The molecular formula is C22H31IN6O2. The molecule has 3 N–H and O–H groups in total. The molecule has 0 bridgehead atoms. The van der Waals surface area contributed by atoms with Gasteiger partial charge in [-0.05, 0) is 38.1 Å². The van der Waals surface area contributed by atoms with Crippen LogP contribution in [-0.4, -0.2) is 66.1 Å². The van der Waals surface area contributed by atoms with Gasteiger partial charge in [-0.2, -0.15) is 0 Å². The Morgan fingerprint density at radius 2 is 1.87 bits per heavy atom. The monoisotopic (exact) mass is 538 g/mol. The maximum Gasteiger partial charge on any atom is 0.227 e. The van der Waals surface area contributed by atoms with Gasteiger partial charge in [0.05, 0.1) is 12.2 Å². The molecule has 0 saturated carbocycles. The molecule has 1 aliphatic rings. The first-order chi connectivity index (χ1) is 14.6. The van der Waals surface area contributed by atoms with Crippen LogP contribution in [0.1, 0.15) is 19.0 Å². The second kappa shape index (κ2) is 12.3. The van der Waals surface area contributed by atoms with Crippen LogP contribution in [0, 0.1) is 6.92 Å². The first-order valence-electron chi connectivity index (χ1n) is 10.4. The largest absolute Gasteiger partial charge is 0.506 e. The van der Waals surface area contributed by atoms with Gasteiger partial charge in [0.25, 0.3) is 0 Å². The van der Waals surface area contributed by atoms with Crippen molar-refractivity contribution in [2.24, 2.45) is 4.99 Å². The van der Waals surface area contributed by atoms with Crippen LogP contribution < -0.4 is 15.5 Å². The number of aromatic nitrogens is 1. The van der Waals surface area contributed by atoms with Gasteiger partial charge in [0, 0.05) is 44.8 Å². The number of hydrogen-bond donors (Lipinski definition) is 3. The number of phenolic OH excluding ortho intramolecular Hbond substituents is 1. The average molecular weight is 538 g/mol. The number of benzene rings is 1. The van der Waals surface area contributed by atoms with Crippen LogP contribution in [0.2, 0.25) is 0 Å². The van der Waals surface area contributed by atoms with E-state index in [1.807, 2.05) is 44.2 Å². The number of amides is 1. The highest BCUT2D eigenvalue weighted by Gasteiger charge is 2.21. The summed E-state index contributed by atoms with van der Waals surface area (Å²) in [4.78, 5) is 25.5. The van der Waals surface area contributed by atoms with E-state index in [4.69, 9.17) is 0 Å². The van der Waals surface area contributed by atoms with E-state index >= 15 is 0 Å². The molecule has 8 nitrogen and oxygen atoms in total. The van der Waals surface area contributed by atoms with Crippen LogP contribution >= 0.6 is 24.0 Å².